The Kier molecular flexibility index (Phi) is 3.82. The molecule has 0 bridgehead atoms. The minimum atomic E-state index is -0.901. The normalized spacial score (nSPS) is 15.3. The Morgan fingerprint density at radius 2 is 2.32 bits per heavy atom. The number of amides is 2. The number of carbonyl (C=O) groups is 2. The molecule has 4 N–H and O–H groups in total. The van der Waals surface area contributed by atoms with Gasteiger partial charge < -0.3 is 21.1 Å². The van der Waals surface area contributed by atoms with E-state index in [2.05, 4.69) is 5.32 Å². The van der Waals surface area contributed by atoms with Crippen molar-refractivity contribution in [3.8, 4) is 0 Å². The van der Waals surface area contributed by atoms with Gasteiger partial charge in [-0.1, -0.05) is 12.1 Å². The van der Waals surface area contributed by atoms with E-state index in [1.807, 2.05) is 18.2 Å². The van der Waals surface area contributed by atoms with Crippen molar-refractivity contribution < 1.29 is 14.7 Å². The van der Waals surface area contributed by atoms with Crippen LogP contribution in [0.5, 0.6) is 0 Å². The van der Waals surface area contributed by atoms with Gasteiger partial charge in [-0.15, -0.1) is 0 Å². The summed E-state index contributed by atoms with van der Waals surface area (Å²) in [5.41, 5.74) is 8.17. The first kappa shape index (κ1) is 13.5. The lowest BCUT2D eigenvalue weighted by molar-refractivity contribution is -0.123. The predicted octanol–water partition coefficient (Wildman–Crippen LogP) is -0.859. The molecule has 0 saturated heterocycles. The van der Waals surface area contributed by atoms with Crippen molar-refractivity contribution >= 4 is 17.5 Å². The number of anilines is 1. The van der Waals surface area contributed by atoms with Gasteiger partial charge in [-0.25, -0.2) is 0 Å². The molecule has 1 heterocycles. The third kappa shape index (κ3) is 2.74. The van der Waals surface area contributed by atoms with Crippen LogP contribution >= 0.6 is 0 Å². The van der Waals surface area contributed by atoms with E-state index in [1.165, 1.54) is 0 Å². The van der Waals surface area contributed by atoms with E-state index >= 15 is 0 Å². The van der Waals surface area contributed by atoms with E-state index in [4.69, 9.17) is 10.8 Å². The maximum Gasteiger partial charge on any atom is 0.239 e. The molecule has 0 radical (unpaired) electrons. The number of hydrogen-bond acceptors (Lipinski definition) is 4. The predicted molar refractivity (Wildman–Crippen MR) is 70.5 cm³/mol. The number of aliphatic hydroxyl groups is 1. The van der Waals surface area contributed by atoms with Gasteiger partial charge in [-0.2, -0.15) is 0 Å². The van der Waals surface area contributed by atoms with Crippen molar-refractivity contribution in [1.82, 2.24) is 5.32 Å². The zero-order valence-corrected chi connectivity index (χ0v) is 10.7. The summed E-state index contributed by atoms with van der Waals surface area (Å²) in [6.07, 6.45) is 0.393. The van der Waals surface area contributed by atoms with Crippen LogP contribution < -0.4 is 16.0 Å². The van der Waals surface area contributed by atoms with Crippen LogP contribution in [-0.2, 0) is 22.6 Å². The fraction of sp³-hybridized carbons (Fsp3) is 0.385. The van der Waals surface area contributed by atoms with Gasteiger partial charge in [0.05, 0.1) is 13.0 Å². The summed E-state index contributed by atoms with van der Waals surface area (Å²) in [5.74, 6) is -0.324. The molecule has 1 unspecified atom stereocenters. The number of carbonyl (C=O) groups excluding carboxylic acids is 2. The van der Waals surface area contributed by atoms with Crippen molar-refractivity contribution in [2.75, 3.05) is 18.6 Å². The van der Waals surface area contributed by atoms with Gasteiger partial charge in [0.15, 0.2) is 0 Å². The molecule has 2 amide bonds. The highest BCUT2D eigenvalue weighted by Gasteiger charge is 2.23. The lowest BCUT2D eigenvalue weighted by Gasteiger charge is -2.12. The van der Waals surface area contributed by atoms with Gasteiger partial charge in [0, 0.05) is 19.3 Å². The SMILES string of the molecule is CN1C(=O)Cc2cc(CNC(=O)C(N)CO)ccc21. The highest BCUT2D eigenvalue weighted by molar-refractivity contribution is 6.00. The maximum atomic E-state index is 11.5. The minimum Gasteiger partial charge on any atom is -0.394 e. The molecule has 1 atom stereocenters. The fourth-order valence-corrected chi connectivity index (χ4v) is 2.04. The Balaban J connectivity index is 2.02. The minimum absolute atomic E-state index is 0.0680. The van der Waals surface area contributed by atoms with E-state index in [0.717, 1.165) is 16.8 Å². The summed E-state index contributed by atoms with van der Waals surface area (Å²) in [6, 6.07) is 4.73. The first-order valence-electron chi connectivity index (χ1n) is 6.05. The van der Waals surface area contributed by atoms with Crippen molar-refractivity contribution in [3.63, 3.8) is 0 Å². The number of aliphatic hydroxyl groups excluding tert-OH is 1. The molecule has 6 nitrogen and oxygen atoms in total. The molecule has 2 rings (SSSR count). The summed E-state index contributed by atoms with van der Waals surface area (Å²) >= 11 is 0. The number of rotatable bonds is 4. The second-order valence-electron chi connectivity index (χ2n) is 4.60. The topological polar surface area (TPSA) is 95.7 Å². The molecule has 0 saturated carbocycles. The smallest absolute Gasteiger partial charge is 0.239 e. The zero-order chi connectivity index (χ0) is 14.0. The number of nitrogens with one attached hydrogen (secondary N) is 1. The van der Waals surface area contributed by atoms with Crippen molar-refractivity contribution in [2.45, 2.75) is 19.0 Å². The Hall–Kier alpha value is -1.92. The van der Waals surface area contributed by atoms with E-state index in [0.29, 0.717) is 13.0 Å². The van der Waals surface area contributed by atoms with Crippen molar-refractivity contribution in [1.29, 1.82) is 0 Å². The molecular weight excluding hydrogens is 246 g/mol. The molecule has 0 aromatic heterocycles. The summed E-state index contributed by atoms with van der Waals surface area (Å²) < 4.78 is 0. The fourth-order valence-electron chi connectivity index (χ4n) is 2.04. The number of hydrogen-bond donors (Lipinski definition) is 3. The summed E-state index contributed by atoms with van der Waals surface area (Å²) in [6.45, 7) is -0.0486. The van der Waals surface area contributed by atoms with Gasteiger partial charge in [0.1, 0.15) is 6.04 Å². The molecule has 19 heavy (non-hydrogen) atoms. The second kappa shape index (κ2) is 5.38. The summed E-state index contributed by atoms with van der Waals surface area (Å²) in [4.78, 5) is 24.6. The first-order valence-corrected chi connectivity index (χ1v) is 6.05. The Labute approximate surface area is 111 Å². The third-order valence-corrected chi connectivity index (χ3v) is 3.22. The van der Waals surface area contributed by atoms with Gasteiger partial charge in [0.2, 0.25) is 11.8 Å². The molecule has 1 aliphatic rings. The molecule has 0 fully saturated rings. The Morgan fingerprint density at radius 3 is 3.00 bits per heavy atom. The number of fused-ring (bicyclic) bond motifs is 1. The van der Waals surface area contributed by atoms with E-state index in [-0.39, 0.29) is 12.5 Å². The number of nitrogens with two attached hydrogens (primary N) is 1. The van der Waals surface area contributed by atoms with E-state index in [1.54, 1.807) is 11.9 Å². The number of likely N-dealkylation sites (N-methyl/N-ethyl adjacent to an activating group) is 1. The Bertz CT molecular complexity index is 516. The third-order valence-electron chi connectivity index (χ3n) is 3.22. The quantitative estimate of drug-likeness (QED) is 0.659. The highest BCUT2D eigenvalue weighted by atomic mass is 16.3. The highest BCUT2D eigenvalue weighted by Crippen LogP contribution is 2.28. The molecule has 1 aliphatic heterocycles. The van der Waals surface area contributed by atoms with Crippen LogP contribution in [-0.4, -0.2) is 36.6 Å². The van der Waals surface area contributed by atoms with Crippen LogP contribution in [0.2, 0.25) is 0 Å². The summed E-state index contributed by atoms with van der Waals surface area (Å²) in [5, 5.41) is 11.4. The Morgan fingerprint density at radius 1 is 1.58 bits per heavy atom. The number of nitrogens with zero attached hydrogens (tertiary/aromatic N) is 1. The molecule has 0 aliphatic carbocycles. The molecule has 0 spiro atoms. The van der Waals surface area contributed by atoms with Gasteiger partial charge >= 0.3 is 0 Å². The summed E-state index contributed by atoms with van der Waals surface area (Å²) in [7, 11) is 1.75. The van der Waals surface area contributed by atoms with Crippen LogP contribution in [0.3, 0.4) is 0 Å². The average molecular weight is 263 g/mol. The molecule has 1 aromatic rings. The number of benzene rings is 1. The van der Waals surface area contributed by atoms with Crippen LogP contribution in [0.15, 0.2) is 18.2 Å². The second-order valence-corrected chi connectivity index (χ2v) is 4.60. The monoisotopic (exact) mass is 263 g/mol. The van der Waals surface area contributed by atoms with Gasteiger partial charge in [0.25, 0.3) is 0 Å². The molecule has 6 heteroatoms. The maximum absolute atomic E-state index is 11.5. The molecule has 1 aromatic carbocycles. The lowest BCUT2D eigenvalue weighted by atomic mass is 10.1. The van der Waals surface area contributed by atoms with Gasteiger partial charge in [-0.3, -0.25) is 9.59 Å². The van der Waals surface area contributed by atoms with Crippen LogP contribution in [0.4, 0.5) is 5.69 Å². The first-order chi connectivity index (χ1) is 9.02. The van der Waals surface area contributed by atoms with Crippen LogP contribution in [0, 0.1) is 0 Å². The van der Waals surface area contributed by atoms with E-state index < -0.39 is 11.9 Å². The lowest BCUT2D eigenvalue weighted by Crippen LogP contribution is -2.42. The average Bonchev–Trinajstić information content (AvgIpc) is 2.70. The van der Waals surface area contributed by atoms with Crippen LogP contribution in [0.25, 0.3) is 0 Å². The van der Waals surface area contributed by atoms with E-state index in [9.17, 15) is 9.59 Å². The standard InChI is InChI=1S/C13H17N3O3/c1-16-11-3-2-8(4-9(11)5-12(16)18)6-15-13(19)10(14)7-17/h2-4,10,17H,5-7,14H2,1H3,(H,15,19). The molecule has 102 valence electrons. The van der Waals surface area contributed by atoms with Gasteiger partial charge in [-0.05, 0) is 17.2 Å². The van der Waals surface area contributed by atoms with Crippen LogP contribution in [0.1, 0.15) is 11.1 Å². The van der Waals surface area contributed by atoms with Crippen molar-refractivity contribution in [3.05, 3.63) is 29.3 Å². The largest absolute Gasteiger partial charge is 0.394 e. The molecular formula is C13H17N3O3. The van der Waals surface area contributed by atoms with Crippen molar-refractivity contribution in [2.24, 2.45) is 5.73 Å². The zero-order valence-electron chi connectivity index (χ0n) is 10.7.